The smallest absolute Gasteiger partial charge is 0.265 e. The SMILES string of the molecule is CC(Oc1cccc(C(C)C)c1)C(=O)Nc1cccc(NC(=O)C2CC2)c1. The molecule has 5 nitrogen and oxygen atoms in total. The summed E-state index contributed by atoms with van der Waals surface area (Å²) in [6.45, 7) is 5.95. The minimum absolute atomic E-state index is 0.0419. The molecule has 2 N–H and O–H groups in total. The number of hydrogen-bond acceptors (Lipinski definition) is 3. The molecule has 0 radical (unpaired) electrons. The number of carbonyl (C=O) groups excluding carboxylic acids is 2. The van der Waals surface area contributed by atoms with Crippen molar-refractivity contribution in [3.05, 3.63) is 54.1 Å². The quantitative estimate of drug-likeness (QED) is 0.754. The van der Waals surface area contributed by atoms with Gasteiger partial charge in [-0.15, -0.1) is 0 Å². The third kappa shape index (κ3) is 5.33. The van der Waals surface area contributed by atoms with E-state index in [-0.39, 0.29) is 17.7 Å². The molecular weight excluding hydrogens is 340 g/mol. The minimum Gasteiger partial charge on any atom is -0.481 e. The highest BCUT2D eigenvalue weighted by molar-refractivity contribution is 5.97. The van der Waals surface area contributed by atoms with Gasteiger partial charge >= 0.3 is 0 Å². The molecule has 0 aliphatic heterocycles. The lowest BCUT2D eigenvalue weighted by molar-refractivity contribution is -0.122. The Kier molecular flexibility index (Phi) is 5.79. The summed E-state index contributed by atoms with van der Waals surface area (Å²) >= 11 is 0. The molecule has 27 heavy (non-hydrogen) atoms. The average molecular weight is 366 g/mol. The molecule has 0 spiro atoms. The summed E-state index contributed by atoms with van der Waals surface area (Å²) in [5.74, 6) is 1.01. The summed E-state index contributed by atoms with van der Waals surface area (Å²) in [5.41, 5.74) is 2.47. The van der Waals surface area contributed by atoms with Crippen LogP contribution in [0.4, 0.5) is 11.4 Å². The Bertz CT molecular complexity index is 828. The molecule has 5 heteroatoms. The second kappa shape index (κ2) is 8.25. The first kappa shape index (κ1) is 19.0. The zero-order valence-electron chi connectivity index (χ0n) is 16.0. The Hall–Kier alpha value is -2.82. The lowest BCUT2D eigenvalue weighted by Crippen LogP contribution is -2.30. The van der Waals surface area contributed by atoms with E-state index in [0.29, 0.717) is 23.0 Å². The molecule has 3 rings (SSSR count). The Labute approximate surface area is 160 Å². The maximum Gasteiger partial charge on any atom is 0.265 e. The second-order valence-electron chi connectivity index (χ2n) is 7.32. The number of ether oxygens (including phenoxy) is 1. The standard InChI is InChI=1S/C22H26N2O3/c1-14(2)17-6-4-9-20(12-17)27-15(3)21(25)23-18-7-5-8-19(13-18)24-22(26)16-10-11-16/h4-9,12-16H,10-11H2,1-3H3,(H,23,25)(H,24,26). The molecule has 0 bridgehead atoms. The van der Waals surface area contributed by atoms with Gasteiger partial charge in [0.15, 0.2) is 6.10 Å². The van der Waals surface area contributed by atoms with Crippen LogP contribution in [0.1, 0.15) is 45.1 Å². The van der Waals surface area contributed by atoms with Gasteiger partial charge in [-0.05, 0) is 61.6 Å². The van der Waals surface area contributed by atoms with Crippen LogP contribution in [0.5, 0.6) is 5.75 Å². The van der Waals surface area contributed by atoms with Gasteiger partial charge in [0, 0.05) is 17.3 Å². The summed E-state index contributed by atoms with van der Waals surface area (Å²) in [5, 5.41) is 5.72. The van der Waals surface area contributed by atoms with Gasteiger partial charge in [0.1, 0.15) is 5.75 Å². The number of carbonyl (C=O) groups is 2. The largest absolute Gasteiger partial charge is 0.481 e. The van der Waals surface area contributed by atoms with E-state index in [4.69, 9.17) is 4.74 Å². The fourth-order valence-corrected chi connectivity index (χ4v) is 2.71. The Morgan fingerprint density at radius 3 is 2.30 bits per heavy atom. The van der Waals surface area contributed by atoms with Crippen LogP contribution in [0.2, 0.25) is 0 Å². The molecule has 0 heterocycles. The third-order valence-electron chi connectivity index (χ3n) is 4.55. The highest BCUT2D eigenvalue weighted by Crippen LogP contribution is 2.30. The van der Waals surface area contributed by atoms with Crippen molar-refractivity contribution in [2.45, 2.75) is 45.6 Å². The van der Waals surface area contributed by atoms with Gasteiger partial charge < -0.3 is 15.4 Å². The Morgan fingerprint density at radius 1 is 0.963 bits per heavy atom. The fraction of sp³-hybridized carbons (Fsp3) is 0.364. The van der Waals surface area contributed by atoms with Gasteiger partial charge in [-0.1, -0.05) is 32.0 Å². The van der Waals surface area contributed by atoms with E-state index in [1.165, 1.54) is 5.56 Å². The molecule has 0 saturated heterocycles. The van der Waals surface area contributed by atoms with Gasteiger partial charge in [-0.2, -0.15) is 0 Å². The number of nitrogens with one attached hydrogen (secondary N) is 2. The van der Waals surface area contributed by atoms with Crippen LogP contribution in [0.25, 0.3) is 0 Å². The summed E-state index contributed by atoms with van der Waals surface area (Å²) in [6, 6.07) is 14.9. The minimum atomic E-state index is -0.642. The third-order valence-corrected chi connectivity index (χ3v) is 4.55. The molecule has 0 aromatic heterocycles. The van der Waals surface area contributed by atoms with E-state index in [9.17, 15) is 9.59 Å². The van der Waals surface area contributed by atoms with Crippen molar-refractivity contribution in [2.75, 3.05) is 10.6 Å². The zero-order chi connectivity index (χ0) is 19.4. The van der Waals surface area contributed by atoms with E-state index < -0.39 is 6.10 Å². The van der Waals surface area contributed by atoms with Crippen LogP contribution in [0.3, 0.4) is 0 Å². The van der Waals surface area contributed by atoms with Crippen molar-refractivity contribution in [3.8, 4) is 5.75 Å². The highest BCUT2D eigenvalue weighted by atomic mass is 16.5. The van der Waals surface area contributed by atoms with Gasteiger partial charge in [0.25, 0.3) is 5.91 Å². The number of benzene rings is 2. The van der Waals surface area contributed by atoms with Crippen molar-refractivity contribution >= 4 is 23.2 Å². The summed E-state index contributed by atoms with van der Waals surface area (Å²) in [7, 11) is 0. The highest BCUT2D eigenvalue weighted by Gasteiger charge is 2.29. The first-order valence-corrected chi connectivity index (χ1v) is 9.41. The second-order valence-corrected chi connectivity index (χ2v) is 7.32. The predicted octanol–water partition coefficient (Wildman–Crippen LogP) is 4.56. The van der Waals surface area contributed by atoms with Crippen LogP contribution in [-0.4, -0.2) is 17.9 Å². The number of anilines is 2. The van der Waals surface area contributed by atoms with Crippen LogP contribution in [0.15, 0.2) is 48.5 Å². The Morgan fingerprint density at radius 2 is 1.63 bits per heavy atom. The topological polar surface area (TPSA) is 67.4 Å². The normalized spacial score (nSPS) is 14.5. The van der Waals surface area contributed by atoms with Gasteiger partial charge in [0.2, 0.25) is 5.91 Å². The summed E-state index contributed by atoms with van der Waals surface area (Å²) < 4.78 is 5.79. The van der Waals surface area contributed by atoms with E-state index in [0.717, 1.165) is 12.8 Å². The molecule has 2 aromatic carbocycles. The molecule has 1 atom stereocenters. The van der Waals surface area contributed by atoms with Crippen molar-refractivity contribution in [2.24, 2.45) is 5.92 Å². The average Bonchev–Trinajstić information content (AvgIpc) is 3.47. The number of rotatable bonds is 7. The molecule has 2 aromatic rings. The van der Waals surface area contributed by atoms with Crippen molar-refractivity contribution < 1.29 is 14.3 Å². The maximum absolute atomic E-state index is 12.5. The van der Waals surface area contributed by atoms with Crippen LogP contribution >= 0.6 is 0 Å². The molecule has 1 saturated carbocycles. The Balaban J connectivity index is 1.59. The molecule has 1 fully saturated rings. The van der Waals surface area contributed by atoms with E-state index in [1.807, 2.05) is 30.3 Å². The van der Waals surface area contributed by atoms with Crippen LogP contribution in [0, 0.1) is 5.92 Å². The lowest BCUT2D eigenvalue weighted by Gasteiger charge is -2.16. The fourth-order valence-electron chi connectivity index (χ4n) is 2.71. The van der Waals surface area contributed by atoms with E-state index >= 15 is 0 Å². The first-order chi connectivity index (χ1) is 12.9. The number of hydrogen-bond donors (Lipinski definition) is 2. The van der Waals surface area contributed by atoms with Gasteiger partial charge in [0.05, 0.1) is 0 Å². The van der Waals surface area contributed by atoms with E-state index in [1.54, 1.807) is 25.1 Å². The maximum atomic E-state index is 12.5. The lowest BCUT2D eigenvalue weighted by atomic mass is 10.0. The molecule has 1 unspecified atom stereocenters. The van der Waals surface area contributed by atoms with Crippen molar-refractivity contribution in [3.63, 3.8) is 0 Å². The summed E-state index contributed by atoms with van der Waals surface area (Å²) in [6.07, 6.45) is 1.27. The van der Waals surface area contributed by atoms with Crippen molar-refractivity contribution in [1.29, 1.82) is 0 Å². The van der Waals surface area contributed by atoms with Crippen LogP contribution in [-0.2, 0) is 9.59 Å². The van der Waals surface area contributed by atoms with Gasteiger partial charge in [-0.25, -0.2) is 0 Å². The molecule has 2 amide bonds. The summed E-state index contributed by atoms with van der Waals surface area (Å²) in [4.78, 5) is 24.3. The first-order valence-electron chi connectivity index (χ1n) is 9.41. The van der Waals surface area contributed by atoms with Gasteiger partial charge in [-0.3, -0.25) is 9.59 Å². The predicted molar refractivity (Wildman–Crippen MR) is 107 cm³/mol. The van der Waals surface area contributed by atoms with Crippen molar-refractivity contribution in [1.82, 2.24) is 0 Å². The molecule has 142 valence electrons. The molecular formula is C22H26N2O3. The van der Waals surface area contributed by atoms with E-state index in [2.05, 4.69) is 24.5 Å². The monoisotopic (exact) mass is 366 g/mol. The zero-order valence-corrected chi connectivity index (χ0v) is 16.0. The molecule has 1 aliphatic carbocycles. The number of amides is 2. The molecule has 1 aliphatic rings. The van der Waals surface area contributed by atoms with Crippen LogP contribution < -0.4 is 15.4 Å².